The Labute approximate surface area is 130 Å². The minimum absolute atomic E-state index is 0.148. The van der Waals surface area contributed by atoms with Crippen LogP contribution in [-0.2, 0) is 5.41 Å². The van der Waals surface area contributed by atoms with E-state index in [0.717, 1.165) is 14.7 Å². The Bertz CT molecular complexity index is 574. The van der Waals surface area contributed by atoms with E-state index in [2.05, 4.69) is 69.7 Å². The van der Waals surface area contributed by atoms with Gasteiger partial charge >= 0.3 is 0 Å². The summed E-state index contributed by atoms with van der Waals surface area (Å²) < 4.78 is 7.49. The molecular formula is C15H15Br2NO. The van der Waals surface area contributed by atoms with Gasteiger partial charge in [-0.3, -0.25) is 0 Å². The number of pyridine rings is 1. The normalized spacial score (nSPS) is 11.4. The number of aromatic nitrogens is 1. The maximum absolute atomic E-state index is 5.75. The minimum atomic E-state index is 0.148. The monoisotopic (exact) mass is 383 g/mol. The minimum Gasteiger partial charge on any atom is -0.438 e. The van der Waals surface area contributed by atoms with Crippen molar-refractivity contribution in [2.24, 2.45) is 0 Å². The van der Waals surface area contributed by atoms with E-state index in [0.29, 0.717) is 5.88 Å². The molecule has 0 aliphatic heterocycles. The van der Waals surface area contributed by atoms with Crippen molar-refractivity contribution in [3.63, 3.8) is 0 Å². The Morgan fingerprint density at radius 3 is 2.21 bits per heavy atom. The van der Waals surface area contributed by atoms with Crippen molar-refractivity contribution in [2.45, 2.75) is 26.2 Å². The van der Waals surface area contributed by atoms with Gasteiger partial charge in [-0.05, 0) is 61.0 Å². The molecule has 1 aromatic heterocycles. The number of halogens is 2. The first-order valence-corrected chi connectivity index (χ1v) is 7.54. The van der Waals surface area contributed by atoms with E-state index in [1.165, 1.54) is 5.56 Å². The second kappa shape index (κ2) is 5.63. The molecule has 2 aromatic rings. The summed E-state index contributed by atoms with van der Waals surface area (Å²) in [6.07, 6.45) is 1.71. The molecule has 2 nitrogen and oxygen atoms in total. The Kier molecular flexibility index (Phi) is 4.31. The Morgan fingerprint density at radius 2 is 1.68 bits per heavy atom. The van der Waals surface area contributed by atoms with Gasteiger partial charge < -0.3 is 4.74 Å². The first-order chi connectivity index (χ1) is 8.86. The van der Waals surface area contributed by atoms with Gasteiger partial charge in [-0.2, -0.15) is 0 Å². The van der Waals surface area contributed by atoms with Gasteiger partial charge in [0.25, 0.3) is 0 Å². The zero-order valence-electron chi connectivity index (χ0n) is 11.1. The van der Waals surface area contributed by atoms with E-state index >= 15 is 0 Å². The average molecular weight is 385 g/mol. The molecule has 1 aromatic carbocycles. The van der Waals surface area contributed by atoms with Gasteiger partial charge in [0.2, 0.25) is 5.88 Å². The third kappa shape index (κ3) is 3.80. The molecule has 0 radical (unpaired) electrons. The summed E-state index contributed by atoms with van der Waals surface area (Å²) in [4.78, 5) is 4.23. The Balaban J connectivity index is 2.20. The van der Waals surface area contributed by atoms with Gasteiger partial charge in [-0.25, -0.2) is 4.98 Å². The van der Waals surface area contributed by atoms with Crippen LogP contribution in [0, 0.1) is 0 Å². The molecule has 1 heterocycles. The lowest BCUT2D eigenvalue weighted by atomic mass is 9.87. The van der Waals surface area contributed by atoms with Crippen LogP contribution in [0.3, 0.4) is 0 Å². The van der Waals surface area contributed by atoms with Gasteiger partial charge in [-0.1, -0.05) is 32.9 Å². The van der Waals surface area contributed by atoms with Crippen LogP contribution in [0.4, 0.5) is 0 Å². The van der Waals surface area contributed by atoms with Crippen molar-refractivity contribution in [1.29, 1.82) is 0 Å². The average Bonchev–Trinajstić information content (AvgIpc) is 2.32. The van der Waals surface area contributed by atoms with Crippen LogP contribution in [0.15, 0.2) is 45.5 Å². The smallest absolute Gasteiger partial charge is 0.233 e. The van der Waals surface area contributed by atoms with Crippen LogP contribution in [0.1, 0.15) is 26.3 Å². The van der Waals surface area contributed by atoms with Crippen molar-refractivity contribution < 1.29 is 4.74 Å². The second-order valence-electron chi connectivity index (χ2n) is 5.32. The summed E-state index contributed by atoms with van der Waals surface area (Å²) in [6.45, 7) is 6.57. The number of benzene rings is 1. The summed E-state index contributed by atoms with van der Waals surface area (Å²) in [5.41, 5.74) is 1.43. The molecule has 0 unspecified atom stereocenters. The maximum atomic E-state index is 5.75. The van der Waals surface area contributed by atoms with Crippen LogP contribution in [0.2, 0.25) is 0 Å². The summed E-state index contributed by atoms with van der Waals surface area (Å²) in [5, 5.41) is 0. The van der Waals surface area contributed by atoms with Gasteiger partial charge in [-0.15, -0.1) is 0 Å². The molecule has 0 saturated heterocycles. The van der Waals surface area contributed by atoms with E-state index in [1.807, 2.05) is 18.2 Å². The van der Waals surface area contributed by atoms with Gasteiger partial charge in [0.1, 0.15) is 5.75 Å². The van der Waals surface area contributed by atoms with E-state index in [1.54, 1.807) is 6.20 Å². The largest absolute Gasteiger partial charge is 0.438 e. The van der Waals surface area contributed by atoms with Crippen LogP contribution < -0.4 is 4.74 Å². The molecule has 0 N–H and O–H groups in total. The zero-order chi connectivity index (χ0) is 14.0. The molecule has 100 valence electrons. The van der Waals surface area contributed by atoms with Gasteiger partial charge in [0, 0.05) is 10.7 Å². The predicted molar refractivity (Wildman–Crippen MR) is 84.9 cm³/mol. The quantitative estimate of drug-likeness (QED) is 0.662. The topological polar surface area (TPSA) is 22.1 Å². The molecule has 4 heteroatoms. The fourth-order valence-corrected chi connectivity index (χ4v) is 2.68. The van der Waals surface area contributed by atoms with Crippen molar-refractivity contribution >= 4 is 31.9 Å². The number of rotatable bonds is 2. The van der Waals surface area contributed by atoms with Crippen molar-refractivity contribution in [2.75, 3.05) is 0 Å². The lowest BCUT2D eigenvalue weighted by Crippen LogP contribution is -2.10. The first-order valence-electron chi connectivity index (χ1n) is 5.96. The summed E-state index contributed by atoms with van der Waals surface area (Å²) >= 11 is 6.80. The van der Waals surface area contributed by atoms with E-state index < -0.39 is 0 Å². The van der Waals surface area contributed by atoms with E-state index in [9.17, 15) is 0 Å². The molecular weight excluding hydrogens is 370 g/mol. The predicted octanol–water partition coefficient (Wildman–Crippen LogP) is 5.70. The molecule has 2 rings (SSSR count). The van der Waals surface area contributed by atoms with Gasteiger partial charge in [0.15, 0.2) is 0 Å². The SMILES string of the molecule is CC(C)(C)c1ccc(Oc2ncc(Br)cc2Br)cc1. The fraction of sp³-hybridized carbons (Fsp3) is 0.267. The molecule has 0 fully saturated rings. The standard InChI is InChI=1S/C15H15Br2NO/c1-15(2,3)10-4-6-12(7-5-10)19-14-13(17)8-11(16)9-18-14/h4-9H,1-3H3. The molecule has 0 aliphatic carbocycles. The van der Waals surface area contributed by atoms with Crippen molar-refractivity contribution in [3.05, 3.63) is 51.0 Å². The summed E-state index contributed by atoms with van der Waals surface area (Å²) in [7, 11) is 0. The zero-order valence-corrected chi connectivity index (χ0v) is 14.2. The van der Waals surface area contributed by atoms with Crippen LogP contribution >= 0.6 is 31.9 Å². The molecule has 0 spiro atoms. The molecule has 0 bridgehead atoms. The maximum Gasteiger partial charge on any atom is 0.233 e. The van der Waals surface area contributed by atoms with E-state index in [4.69, 9.17) is 4.74 Å². The lowest BCUT2D eigenvalue weighted by Gasteiger charge is -2.19. The molecule has 0 amide bonds. The highest BCUT2D eigenvalue weighted by molar-refractivity contribution is 9.11. The molecule has 0 saturated carbocycles. The van der Waals surface area contributed by atoms with Crippen molar-refractivity contribution in [3.8, 4) is 11.6 Å². The number of ether oxygens (including phenoxy) is 1. The molecule has 0 aliphatic rings. The third-order valence-corrected chi connectivity index (χ3v) is 3.71. The molecule has 19 heavy (non-hydrogen) atoms. The highest BCUT2D eigenvalue weighted by atomic mass is 79.9. The van der Waals surface area contributed by atoms with E-state index in [-0.39, 0.29) is 5.41 Å². The number of nitrogens with zero attached hydrogens (tertiary/aromatic N) is 1. The Morgan fingerprint density at radius 1 is 1.05 bits per heavy atom. The van der Waals surface area contributed by atoms with Crippen LogP contribution in [0.5, 0.6) is 11.6 Å². The first kappa shape index (κ1) is 14.5. The second-order valence-corrected chi connectivity index (χ2v) is 7.09. The number of hydrogen-bond acceptors (Lipinski definition) is 2. The Hall–Kier alpha value is -0.870. The van der Waals surface area contributed by atoms with Crippen molar-refractivity contribution in [1.82, 2.24) is 4.98 Å². The van der Waals surface area contributed by atoms with Crippen LogP contribution in [-0.4, -0.2) is 4.98 Å². The highest BCUT2D eigenvalue weighted by Crippen LogP contribution is 2.31. The molecule has 0 atom stereocenters. The summed E-state index contributed by atoms with van der Waals surface area (Å²) in [5.74, 6) is 1.34. The summed E-state index contributed by atoms with van der Waals surface area (Å²) in [6, 6.07) is 10.0. The third-order valence-electron chi connectivity index (χ3n) is 2.71. The van der Waals surface area contributed by atoms with Crippen LogP contribution in [0.25, 0.3) is 0 Å². The number of hydrogen-bond donors (Lipinski definition) is 0. The highest BCUT2D eigenvalue weighted by Gasteiger charge is 2.13. The van der Waals surface area contributed by atoms with Gasteiger partial charge in [0.05, 0.1) is 4.47 Å². The lowest BCUT2D eigenvalue weighted by molar-refractivity contribution is 0.458. The fourth-order valence-electron chi connectivity index (χ4n) is 1.61.